The maximum Gasteiger partial charge on any atom is 0.407 e. The van der Waals surface area contributed by atoms with E-state index in [9.17, 15) is 22.8 Å². The van der Waals surface area contributed by atoms with E-state index >= 15 is 0 Å². The molecule has 4 atom stereocenters. The first-order chi connectivity index (χ1) is 18.0. The van der Waals surface area contributed by atoms with Crippen molar-refractivity contribution in [2.75, 3.05) is 18.6 Å². The van der Waals surface area contributed by atoms with Gasteiger partial charge in [0.15, 0.2) is 0 Å². The van der Waals surface area contributed by atoms with Crippen LogP contribution >= 0.6 is 0 Å². The van der Waals surface area contributed by atoms with Crippen LogP contribution in [0.1, 0.15) is 66.9 Å². The molecular formula is C28H46N2O8S. The van der Waals surface area contributed by atoms with Crippen molar-refractivity contribution in [2.45, 2.75) is 97.6 Å². The summed E-state index contributed by atoms with van der Waals surface area (Å²) in [7, 11) is -3.39. The molecule has 39 heavy (non-hydrogen) atoms. The van der Waals surface area contributed by atoms with Gasteiger partial charge in [0.1, 0.15) is 27.6 Å². The molecule has 11 heteroatoms. The average molecular weight is 571 g/mol. The number of hydrogen-bond acceptors (Lipinski definition) is 8. The zero-order chi connectivity index (χ0) is 29.8. The largest absolute Gasteiger partial charge is 0.461 e. The summed E-state index contributed by atoms with van der Waals surface area (Å²) in [5.74, 6) is -1.59. The van der Waals surface area contributed by atoms with Gasteiger partial charge in [-0.3, -0.25) is 4.79 Å². The van der Waals surface area contributed by atoms with Crippen LogP contribution in [0.15, 0.2) is 30.3 Å². The van der Waals surface area contributed by atoms with Crippen LogP contribution in [0.5, 0.6) is 0 Å². The van der Waals surface area contributed by atoms with Crippen molar-refractivity contribution in [2.24, 2.45) is 5.92 Å². The summed E-state index contributed by atoms with van der Waals surface area (Å²) < 4.78 is 40.2. The van der Waals surface area contributed by atoms with Gasteiger partial charge in [0.25, 0.3) is 0 Å². The number of esters is 1. The predicted octanol–water partition coefficient (Wildman–Crippen LogP) is 3.42. The second kappa shape index (κ2) is 15.8. The van der Waals surface area contributed by atoms with Gasteiger partial charge < -0.3 is 24.8 Å². The van der Waals surface area contributed by atoms with E-state index in [1.54, 1.807) is 34.6 Å². The van der Waals surface area contributed by atoms with Gasteiger partial charge in [0, 0.05) is 12.7 Å². The van der Waals surface area contributed by atoms with E-state index in [4.69, 9.17) is 14.2 Å². The molecule has 0 unspecified atom stereocenters. The number of benzene rings is 1. The Hall–Kier alpha value is -2.66. The normalized spacial score (nSPS) is 15.1. The van der Waals surface area contributed by atoms with Crippen LogP contribution in [0.25, 0.3) is 0 Å². The molecule has 0 saturated carbocycles. The molecule has 0 aliphatic carbocycles. The van der Waals surface area contributed by atoms with Crippen LogP contribution in [-0.2, 0) is 40.1 Å². The number of sulfone groups is 1. The first-order valence-electron chi connectivity index (χ1n) is 13.3. The van der Waals surface area contributed by atoms with Crippen LogP contribution in [0, 0.1) is 5.92 Å². The third-order valence-corrected chi connectivity index (χ3v) is 6.77. The Bertz CT molecular complexity index is 1020. The maximum absolute atomic E-state index is 13.4. The maximum atomic E-state index is 13.4. The Morgan fingerprint density at radius 1 is 1.00 bits per heavy atom. The number of alkyl carbamates (subject to hydrolysis) is 1. The van der Waals surface area contributed by atoms with Crippen LogP contribution < -0.4 is 10.6 Å². The first-order valence-corrected chi connectivity index (χ1v) is 15.4. The summed E-state index contributed by atoms with van der Waals surface area (Å²) in [5.41, 5.74) is 0.155. The Labute approximate surface area is 233 Å². The van der Waals surface area contributed by atoms with Crippen molar-refractivity contribution in [1.29, 1.82) is 0 Å². The standard InChI is InChI=1S/C28H46N2O8S/c1-9-20(4)23(30-27(33)38-28(5,6)7)18-36-24(17-21-13-11-10-12-14-21)25(31)29-22(15-16-39(8,34)35)26(32)37-19(2)3/h10-14,19-20,22-24H,9,15-18H2,1-8H3,(H,29,31)(H,30,33)/t20-,22-,23+,24-/m0/s1. The van der Waals surface area contributed by atoms with Crippen molar-refractivity contribution in [1.82, 2.24) is 10.6 Å². The minimum atomic E-state index is -3.39. The highest BCUT2D eigenvalue weighted by molar-refractivity contribution is 7.90. The molecule has 10 nitrogen and oxygen atoms in total. The number of rotatable bonds is 15. The Morgan fingerprint density at radius 3 is 2.13 bits per heavy atom. The lowest BCUT2D eigenvalue weighted by Gasteiger charge is -2.29. The van der Waals surface area contributed by atoms with Crippen molar-refractivity contribution in [3.63, 3.8) is 0 Å². The minimum absolute atomic E-state index is 0.0153. The van der Waals surface area contributed by atoms with Crippen molar-refractivity contribution >= 4 is 27.8 Å². The molecule has 0 heterocycles. The zero-order valence-corrected chi connectivity index (χ0v) is 25.3. The fourth-order valence-electron chi connectivity index (χ4n) is 3.53. The fraction of sp³-hybridized carbons (Fsp3) is 0.679. The number of carbonyl (C=O) groups excluding carboxylic acids is 3. The molecule has 1 aromatic rings. The van der Waals surface area contributed by atoms with Gasteiger partial charge in [-0.05, 0) is 52.5 Å². The molecule has 2 N–H and O–H groups in total. The van der Waals surface area contributed by atoms with Gasteiger partial charge in [-0.15, -0.1) is 0 Å². The SMILES string of the molecule is CC[C@H](C)[C@@H](CO[C@@H](Cc1ccccc1)C(=O)N[C@@H](CCS(C)(=O)=O)C(=O)OC(C)C)NC(=O)OC(C)(C)C. The van der Waals surface area contributed by atoms with Gasteiger partial charge in [0.05, 0.1) is 24.5 Å². The molecule has 222 valence electrons. The van der Waals surface area contributed by atoms with Gasteiger partial charge in [-0.25, -0.2) is 18.0 Å². The van der Waals surface area contributed by atoms with Gasteiger partial charge in [-0.1, -0.05) is 50.6 Å². The third kappa shape index (κ3) is 14.9. The van der Waals surface area contributed by atoms with E-state index in [0.717, 1.165) is 18.2 Å². The molecule has 0 bridgehead atoms. The van der Waals surface area contributed by atoms with Crippen molar-refractivity contribution in [3.05, 3.63) is 35.9 Å². The Morgan fingerprint density at radius 2 is 1.62 bits per heavy atom. The lowest BCUT2D eigenvalue weighted by atomic mass is 10.00. The van der Waals surface area contributed by atoms with E-state index < -0.39 is 57.7 Å². The molecule has 0 aliphatic rings. The van der Waals surface area contributed by atoms with Crippen LogP contribution in [0.4, 0.5) is 4.79 Å². The monoisotopic (exact) mass is 570 g/mol. The molecular weight excluding hydrogens is 524 g/mol. The van der Waals surface area contributed by atoms with Crippen molar-refractivity contribution in [3.8, 4) is 0 Å². The smallest absolute Gasteiger partial charge is 0.407 e. The van der Waals surface area contributed by atoms with E-state index in [1.807, 2.05) is 44.2 Å². The zero-order valence-electron chi connectivity index (χ0n) is 24.5. The molecule has 0 spiro atoms. The molecule has 1 aromatic carbocycles. The molecule has 0 fully saturated rings. The van der Waals surface area contributed by atoms with E-state index in [0.29, 0.717) is 0 Å². The lowest BCUT2D eigenvalue weighted by Crippen LogP contribution is -2.50. The minimum Gasteiger partial charge on any atom is -0.461 e. The molecule has 0 saturated heterocycles. The number of ether oxygens (including phenoxy) is 3. The third-order valence-electron chi connectivity index (χ3n) is 5.80. The highest BCUT2D eigenvalue weighted by Crippen LogP contribution is 2.14. The molecule has 0 aliphatic heterocycles. The van der Waals surface area contributed by atoms with Crippen LogP contribution in [0.3, 0.4) is 0 Å². The number of carbonyl (C=O) groups is 3. The summed E-state index contributed by atoms with van der Waals surface area (Å²) in [6.07, 6.45) is -0.179. The topological polar surface area (TPSA) is 137 Å². The highest BCUT2D eigenvalue weighted by atomic mass is 32.2. The summed E-state index contributed by atoms with van der Waals surface area (Å²) in [6, 6.07) is 7.62. The van der Waals surface area contributed by atoms with Gasteiger partial charge in [-0.2, -0.15) is 0 Å². The Balaban J connectivity index is 3.14. The number of amides is 2. The second-order valence-corrected chi connectivity index (χ2v) is 13.4. The van der Waals surface area contributed by atoms with Crippen molar-refractivity contribution < 1.29 is 37.0 Å². The first kappa shape index (κ1) is 34.4. The summed E-state index contributed by atoms with van der Waals surface area (Å²) in [4.78, 5) is 38.6. The average Bonchev–Trinajstić information content (AvgIpc) is 2.81. The molecule has 0 radical (unpaired) electrons. The predicted molar refractivity (Wildman–Crippen MR) is 150 cm³/mol. The highest BCUT2D eigenvalue weighted by Gasteiger charge is 2.30. The van der Waals surface area contributed by atoms with E-state index in [-0.39, 0.29) is 31.1 Å². The van der Waals surface area contributed by atoms with E-state index in [1.165, 1.54) is 0 Å². The second-order valence-electron chi connectivity index (χ2n) is 11.1. The van der Waals surface area contributed by atoms with Crippen LogP contribution in [-0.4, -0.2) is 74.9 Å². The molecule has 1 rings (SSSR count). The molecule has 2 amide bonds. The summed E-state index contributed by atoms with van der Waals surface area (Å²) in [6.45, 7) is 12.6. The fourth-order valence-corrected chi connectivity index (χ4v) is 4.19. The van der Waals surface area contributed by atoms with Gasteiger partial charge in [0.2, 0.25) is 5.91 Å². The van der Waals surface area contributed by atoms with E-state index in [2.05, 4.69) is 10.6 Å². The number of nitrogens with one attached hydrogen (secondary N) is 2. The Kier molecular flexibility index (Phi) is 13.9. The van der Waals surface area contributed by atoms with Crippen LogP contribution in [0.2, 0.25) is 0 Å². The summed E-state index contributed by atoms with van der Waals surface area (Å²) in [5, 5.41) is 5.48. The summed E-state index contributed by atoms with van der Waals surface area (Å²) >= 11 is 0. The quantitative estimate of drug-likeness (QED) is 0.306. The molecule has 0 aromatic heterocycles. The number of hydrogen-bond donors (Lipinski definition) is 2. The lowest BCUT2D eigenvalue weighted by molar-refractivity contribution is -0.153. The van der Waals surface area contributed by atoms with Gasteiger partial charge >= 0.3 is 12.1 Å².